The van der Waals surface area contributed by atoms with E-state index >= 15 is 0 Å². The Morgan fingerprint density at radius 1 is 1.20 bits per heavy atom. The molecule has 0 aliphatic rings. The van der Waals surface area contributed by atoms with Crippen molar-refractivity contribution in [2.45, 2.75) is 25.7 Å². The van der Waals surface area contributed by atoms with E-state index in [9.17, 15) is 18.0 Å². The Morgan fingerprint density at radius 2 is 1.97 bits per heavy atom. The first-order valence-corrected chi connectivity index (χ1v) is 8.94. The number of carbonyl (C=O) groups excluding carboxylic acids is 1. The molecule has 8 nitrogen and oxygen atoms in total. The number of rotatable bonds is 7. The van der Waals surface area contributed by atoms with Gasteiger partial charge >= 0.3 is 12.2 Å². The monoisotopic (exact) mass is 420 g/mol. The van der Waals surface area contributed by atoms with Crippen molar-refractivity contribution >= 4 is 6.03 Å². The summed E-state index contributed by atoms with van der Waals surface area (Å²) < 4.78 is 42.5. The number of amides is 2. The van der Waals surface area contributed by atoms with Gasteiger partial charge in [-0.05, 0) is 30.2 Å². The van der Waals surface area contributed by atoms with Gasteiger partial charge in [0.25, 0.3) is 0 Å². The molecule has 0 radical (unpaired) electrons. The zero-order valence-corrected chi connectivity index (χ0v) is 15.9. The first-order valence-electron chi connectivity index (χ1n) is 8.94. The molecule has 0 aliphatic carbocycles. The second kappa shape index (κ2) is 9.25. The van der Waals surface area contributed by atoms with E-state index in [2.05, 4.69) is 30.4 Å². The minimum atomic E-state index is -4.42. The number of nitrogens with zero attached hydrogens (tertiary/aromatic N) is 4. The maximum absolute atomic E-state index is 12.1. The Balaban J connectivity index is 1.46. The largest absolute Gasteiger partial charge is 0.468 e. The van der Waals surface area contributed by atoms with Crippen LogP contribution in [0.15, 0.2) is 55.2 Å². The molecule has 2 amide bonds. The van der Waals surface area contributed by atoms with Crippen LogP contribution in [-0.2, 0) is 6.54 Å². The van der Waals surface area contributed by atoms with Crippen molar-refractivity contribution in [3.05, 3.63) is 66.4 Å². The third-order valence-electron chi connectivity index (χ3n) is 4.06. The normalized spacial score (nSPS) is 12.3. The number of alkyl halides is 3. The van der Waals surface area contributed by atoms with E-state index in [0.29, 0.717) is 5.56 Å². The fraction of sp³-hybridized carbons (Fsp3) is 0.263. The van der Waals surface area contributed by atoms with Crippen LogP contribution in [0.25, 0.3) is 5.69 Å². The molecule has 2 heterocycles. The van der Waals surface area contributed by atoms with Crippen LogP contribution in [0.3, 0.4) is 0 Å². The van der Waals surface area contributed by atoms with Crippen LogP contribution < -0.4 is 15.4 Å². The highest BCUT2D eigenvalue weighted by atomic mass is 19.4. The summed E-state index contributed by atoms with van der Waals surface area (Å²) in [5.41, 5.74) is 2.37. The molecule has 0 fully saturated rings. The van der Waals surface area contributed by atoms with E-state index in [4.69, 9.17) is 0 Å². The van der Waals surface area contributed by atoms with Crippen molar-refractivity contribution in [3.8, 4) is 11.6 Å². The molecule has 0 aliphatic heterocycles. The molecule has 0 saturated heterocycles. The number of carbonyl (C=O) groups is 1. The van der Waals surface area contributed by atoms with Gasteiger partial charge in [-0.2, -0.15) is 18.3 Å². The standard InChI is InChI=1S/C19H19F3N6O2/c1-13(15-3-5-16(6-4-15)28-12-23-11-26-28)27-18(29)25-9-14-2-7-17(24-8-14)30-10-19(20,21)22/h2-8,11-13H,9-10H2,1H3,(H2,25,27,29). The first kappa shape index (κ1) is 21.1. The summed E-state index contributed by atoms with van der Waals surface area (Å²) in [6.45, 7) is 0.604. The Kier molecular flexibility index (Phi) is 6.50. The molecule has 2 N–H and O–H groups in total. The Hall–Kier alpha value is -3.63. The van der Waals surface area contributed by atoms with Crippen molar-refractivity contribution in [1.29, 1.82) is 0 Å². The fourth-order valence-corrected chi connectivity index (χ4v) is 2.53. The number of ether oxygens (including phenoxy) is 1. The third kappa shape index (κ3) is 6.19. The molecule has 2 aromatic heterocycles. The first-order chi connectivity index (χ1) is 14.3. The second-order valence-electron chi connectivity index (χ2n) is 6.39. The van der Waals surface area contributed by atoms with E-state index in [-0.39, 0.29) is 24.5 Å². The van der Waals surface area contributed by atoms with Gasteiger partial charge in [0.05, 0.1) is 11.7 Å². The molecule has 0 bridgehead atoms. The number of urea groups is 1. The molecular formula is C19H19F3N6O2. The predicted octanol–water partition coefficient (Wildman–Crippen LogP) is 3.16. The fourth-order valence-electron chi connectivity index (χ4n) is 2.53. The number of nitrogens with one attached hydrogen (secondary N) is 2. The van der Waals surface area contributed by atoms with E-state index in [1.165, 1.54) is 24.7 Å². The van der Waals surface area contributed by atoms with Gasteiger partial charge in [0, 0.05) is 18.8 Å². The Labute approximate surface area is 170 Å². The predicted molar refractivity (Wildman–Crippen MR) is 101 cm³/mol. The molecule has 1 aromatic carbocycles. The Bertz CT molecular complexity index is 944. The molecule has 1 atom stereocenters. The molecule has 0 spiro atoms. The Morgan fingerprint density at radius 3 is 2.57 bits per heavy atom. The van der Waals surface area contributed by atoms with Gasteiger partial charge in [0.2, 0.25) is 5.88 Å². The highest BCUT2D eigenvalue weighted by Crippen LogP contribution is 2.17. The van der Waals surface area contributed by atoms with Crippen LogP contribution in [0.2, 0.25) is 0 Å². The molecule has 30 heavy (non-hydrogen) atoms. The smallest absolute Gasteiger partial charge is 0.422 e. The van der Waals surface area contributed by atoms with Gasteiger partial charge in [-0.25, -0.2) is 19.4 Å². The summed E-state index contributed by atoms with van der Waals surface area (Å²) in [5.74, 6) is -0.136. The summed E-state index contributed by atoms with van der Waals surface area (Å²) in [7, 11) is 0. The molecule has 11 heteroatoms. The van der Waals surface area contributed by atoms with Crippen LogP contribution in [0.5, 0.6) is 5.88 Å². The highest BCUT2D eigenvalue weighted by molar-refractivity contribution is 5.74. The van der Waals surface area contributed by atoms with Crippen molar-refractivity contribution in [1.82, 2.24) is 30.4 Å². The van der Waals surface area contributed by atoms with Crippen molar-refractivity contribution in [2.24, 2.45) is 0 Å². The maximum Gasteiger partial charge on any atom is 0.422 e. The molecule has 3 rings (SSSR count). The lowest BCUT2D eigenvalue weighted by atomic mass is 10.1. The lowest BCUT2D eigenvalue weighted by Gasteiger charge is -2.15. The molecule has 1 unspecified atom stereocenters. The van der Waals surface area contributed by atoms with Crippen molar-refractivity contribution < 1.29 is 22.7 Å². The number of benzene rings is 1. The number of hydrogen-bond donors (Lipinski definition) is 2. The molecular weight excluding hydrogens is 401 g/mol. The second-order valence-corrected chi connectivity index (χ2v) is 6.39. The topological polar surface area (TPSA) is 94.0 Å². The van der Waals surface area contributed by atoms with Crippen LogP contribution in [0.4, 0.5) is 18.0 Å². The van der Waals surface area contributed by atoms with Crippen molar-refractivity contribution in [2.75, 3.05) is 6.61 Å². The molecule has 3 aromatic rings. The minimum Gasteiger partial charge on any atom is -0.468 e. The van der Waals surface area contributed by atoms with Crippen LogP contribution in [0, 0.1) is 0 Å². The van der Waals surface area contributed by atoms with Gasteiger partial charge in [0.1, 0.15) is 12.7 Å². The van der Waals surface area contributed by atoms with Crippen LogP contribution in [0.1, 0.15) is 24.1 Å². The zero-order valence-electron chi connectivity index (χ0n) is 15.9. The summed E-state index contributed by atoms with van der Waals surface area (Å²) >= 11 is 0. The number of hydrogen-bond acceptors (Lipinski definition) is 5. The molecule has 0 saturated carbocycles. The van der Waals surface area contributed by atoms with E-state index in [1.807, 2.05) is 31.2 Å². The zero-order chi connectivity index (χ0) is 21.6. The SMILES string of the molecule is CC(NC(=O)NCc1ccc(OCC(F)(F)F)nc1)c1ccc(-n2cncn2)cc1. The number of halogens is 3. The van der Waals surface area contributed by atoms with Gasteiger partial charge in [-0.3, -0.25) is 0 Å². The highest BCUT2D eigenvalue weighted by Gasteiger charge is 2.28. The lowest BCUT2D eigenvalue weighted by Crippen LogP contribution is -2.36. The third-order valence-corrected chi connectivity index (χ3v) is 4.06. The van der Waals surface area contributed by atoms with E-state index in [1.54, 1.807) is 11.0 Å². The van der Waals surface area contributed by atoms with E-state index < -0.39 is 12.8 Å². The van der Waals surface area contributed by atoms with Gasteiger partial charge in [0.15, 0.2) is 6.61 Å². The van der Waals surface area contributed by atoms with Gasteiger partial charge in [-0.1, -0.05) is 18.2 Å². The van der Waals surface area contributed by atoms with Crippen LogP contribution in [-0.4, -0.2) is 38.6 Å². The van der Waals surface area contributed by atoms with Crippen molar-refractivity contribution in [3.63, 3.8) is 0 Å². The van der Waals surface area contributed by atoms with Crippen LogP contribution >= 0.6 is 0 Å². The number of pyridine rings is 1. The van der Waals surface area contributed by atoms with Gasteiger partial charge < -0.3 is 15.4 Å². The summed E-state index contributed by atoms with van der Waals surface area (Å²) in [4.78, 5) is 19.8. The summed E-state index contributed by atoms with van der Waals surface area (Å²) in [5, 5.41) is 9.54. The maximum atomic E-state index is 12.1. The van der Waals surface area contributed by atoms with E-state index in [0.717, 1.165) is 11.3 Å². The van der Waals surface area contributed by atoms with Gasteiger partial charge in [-0.15, -0.1) is 0 Å². The lowest BCUT2D eigenvalue weighted by molar-refractivity contribution is -0.154. The number of aromatic nitrogens is 4. The summed E-state index contributed by atoms with van der Waals surface area (Å²) in [6.07, 6.45) is -0.0410. The summed E-state index contributed by atoms with van der Waals surface area (Å²) in [6, 6.07) is 9.72. The average Bonchev–Trinajstić information content (AvgIpc) is 3.26. The molecule has 158 valence electrons. The quantitative estimate of drug-likeness (QED) is 0.612. The average molecular weight is 420 g/mol. The minimum absolute atomic E-state index is 0.136.